The van der Waals surface area contributed by atoms with Crippen molar-refractivity contribution in [2.24, 2.45) is 0 Å². The summed E-state index contributed by atoms with van der Waals surface area (Å²) in [5, 5.41) is 0. The lowest BCUT2D eigenvalue weighted by Gasteiger charge is -2.16. The lowest BCUT2D eigenvalue weighted by molar-refractivity contribution is 0.0471. The molecule has 0 spiro atoms. The van der Waals surface area contributed by atoms with Gasteiger partial charge in [-0.3, -0.25) is 0 Å². The van der Waals surface area contributed by atoms with E-state index in [0.29, 0.717) is 17.1 Å². The summed E-state index contributed by atoms with van der Waals surface area (Å²) in [6.07, 6.45) is 4.58. The van der Waals surface area contributed by atoms with E-state index >= 15 is 0 Å². The maximum Gasteiger partial charge on any atom is 0.338 e. The van der Waals surface area contributed by atoms with Crippen LogP contribution in [0.25, 0.3) is 0 Å². The maximum atomic E-state index is 12.4. The first kappa shape index (κ1) is 17.3. The van der Waals surface area contributed by atoms with Crippen LogP contribution in [0, 0.1) is 6.92 Å². The van der Waals surface area contributed by atoms with Crippen LogP contribution >= 0.6 is 0 Å². The van der Waals surface area contributed by atoms with Gasteiger partial charge in [-0.15, -0.1) is 0 Å². The number of rotatable bonds is 5. The minimum Gasteiger partial charge on any atom is -0.493 e. The smallest absolute Gasteiger partial charge is 0.338 e. The average molecular weight is 340 g/mol. The van der Waals surface area contributed by atoms with Crippen molar-refractivity contribution in [3.05, 3.63) is 58.1 Å². The summed E-state index contributed by atoms with van der Waals surface area (Å²) in [5.41, 5.74) is 5.17. The number of esters is 1. The number of aryl methyl sites for hydroxylation is 3. The molecule has 0 aromatic heterocycles. The molecular formula is C21H24O4. The minimum atomic E-state index is -0.289. The summed E-state index contributed by atoms with van der Waals surface area (Å²) >= 11 is 0. The van der Waals surface area contributed by atoms with Gasteiger partial charge in [0, 0.05) is 0 Å². The summed E-state index contributed by atoms with van der Waals surface area (Å²) in [6.45, 7) is 2.17. The molecule has 4 heteroatoms. The van der Waals surface area contributed by atoms with Crippen molar-refractivity contribution in [2.45, 2.75) is 39.2 Å². The summed E-state index contributed by atoms with van der Waals surface area (Å²) < 4.78 is 16.1. The fourth-order valence-corrected chi connectivity index (χ4v) is 3.27. The summed E-state index contributed by atoms with van der Waals surface area (Å²) in [7, 11) is 3.20. The molecule has 0 radical (unpaired) electrons. The van der Waals surface area contributed by atoms with Crippen molar-refractivity contribution < 1.29 is 19.0 Å². The van der Waals surface area contributed by atoms with Gasteiger partial charge in [0.2, 0.25) is 0 Å². The molecule has 1 aliphatic rings. The van der Waals surface area contributed by atoms with Gasteiger partial charge in [0.05, 0.1) is 19.8 Å². The van der Waals surface area contributed by atoms with Gasteiger partial charge in [0.25, 0.3) is 0 Å². The number of ether oxygens (including phenoxy) is 3. The third-order valence-corrected chi connectivity index (χ3v) is 4.79. The number of carbonyl (C=O) groups excluding carboxylic acids is 1. The molecule has 25 heavy (non-hydrogen) atoms. The fourth-order valence-electron chi connectivity index (χ4n) is 3.27. The molecule has 4 nitrogen and oxygen atoms in total. The first-order chi connectivity index (χ1) is 12.1. The predicted octanol–water partition coefficient (Wildman–Crippen LogP) is 4.25. The van der Waals surface area contributed by atoms with Crippen LogP contribution < -0.4 is 9.47 Å². The standard InChI is InChI=1S/C21H24O4/c1-14-10-19(23-2)20(24-3)12-18(14)13-25-21(22)17-9-8-15-6-4-5-7-16(15)11-17/h8-12H,4-7,13H2,1-3H3. The van der Waals surface area contributed by atoms with Crippen LogP contribution in [0.1, 0.15) is 45.5 Å². The van der Waals surface area contributed by atoms with E-state index in [9.17, 15) is 4.79 Å². The van der Waals surface area contributed by atoms with Crippen molar-refractivity contribution >= 4 is 5.97 Å². The van der Waals surface area contributed by atoms with Gasteiger partial charge in [-0.25, -0.2) is 4.79 Å². The highest BCUT2D eigenvalue weighted by molar-refractivity contribution is 5.89. The van der Waals surface area contributed by atoms with E-state index in [-0.39, 0.29) is 12.6 Å². The van der Waals surface area contributed by atoms with E-state index < -0.39 is 0 Å². The fraction of sp³-hybridized carbons (Fsp3) is 0.381. The Labute approximate surface area is 148 Å². The number of hydrogen-bond donors (Lipinski definition) is 0. The zero-order valence-electron chi connectivity index (χ0n) is 15.1. The second-order valence-electron chi connectivity index (χ2n) is 6.40. The molecule has 0 atom stereocenters. The Kier molecular flexibility index (Phi) is 5.27. The number of methoxy groups -OCH3 is 2. The molecule has 0 fully saturated rings. The summed E-state index contributed by atoms with van der Waals surface area (Å²) in [4.78, 5) is 12.4. The molecular weight excluding hydrogens is 316 g/mol. The molecule has 2 aromatic rings. The Bertz CT molecular complexity index is 780. The van der Waals surface area contributed by atoms with Gasteiger partial charge < -0.3 is 14.2 Å². The Balaban J connectivity index is 1.72. The molecule has 0 aliphatic heterocycles. The highest BCUT2D eigenvalue weighted by atomic mass is 16.5. The van der Waals surface area contributed by atoms with E-state index in [4.69, 9.17) is 14.2 Å². The van der Waals surface area contributed by atoms with Crippen LogP contribution in [-0.4, -0.2) is 20.2 Å². The Morgan fingerprint density at radius 1 is 0.960 bits per heavy atom. The third kappa shape index (κ3) is 3.78. The zero-order chi connectivity index (χ0) is 17.8. The molecule has 0 bridgehead atoms. The number of fused-ring (bicyclic) bond motifs is 1. The molecule has 1 aliphatic carbocycles. The number of hydrogen-bond acceptors (Lipinski definition) is 4. The Morgan fingerprint density at radius 2 is 1.64 bits per heavy atom. The first-order valence-electron chi connectivity index (χ1n) is 8.63. The lowest BCUT2D eigenvalue weighted by Crippen LogP contribution is -2.09. The van der Waals surface area contributed by atoms with Gasteiger partial charge in [0.1, 0.15) is 6.61 Å². The molecule has 132 valence electrons. The highest BCUT2D eigenvalue weighted by Crippen LogP contribution is 2.30. The lowest BCUT2D eigenvalue weighted by atomic mass is 9.90. The topological polar surface area (TPSA) is 44.8 Å². The largest absolute Gasteiger partial charge is 0.493 e. The molecule has 0 unspecified atom stereocenters. The predicted molar refractivity (Wildman–Crippen MR) is 96.5 cm³/mol. The maximum absolute atomic E-state index is 12.4. The van der Waals surface area contributed by atoms with Crippen LogP contribution in [0.2, 0.25) is 0 Å². The Morgan fingerprint density at radius 3 is 2.36 bits per heavy atom. The van der Waals surface area contributed by atoms with Crippen LogP contribution in [0.4, 0.5) is 0 Å². The highest BCUT2D eigenvalue weighted by Gasteiger charge is 2.15. The summed E-state index contributed by atoms with van der Waals surface area (Å²) in [5.74, 6) is 1.01. The van der Waals surface area contributed by atoms with Crippen molar-refractivity contribution in [2.75, 3.05) is 14.2 Å². The zero-order valence-corrected chi connectivity index (χ0v) is 15.1. The van der Waals surface area contributed by atoms with Gasteiger partial charge in [-0.2, -0.15) is 0 Å². The molecule has 3 rings (SSSR count). The van der Waals surface area contributed by atoms with Crippen molar-refractivity contribution in [1.82, 2.24) is 0 Å². The van der Waals surface area contributed by atoms with Crippen LogP contribution in [0.3, 0.4) is 0 Å². The molecule has 0 saturated heterocycles. The third-order valence-electron chi connectivity index (χ3n) is 4.79. The number of carbonyl (C=O) groups is 1. The SMILES string of the molecule is COc1cc(C)c(COC(=O)c2ccc3c(c2)CCCC3)cc1OC. The van der Waals surface area contributed by atoms with Crippen LogP contribution in [-0.2, 0) is 24.2 Å². The van der Waals surface area contributed by atoms with Crippen molar-refractivity contribution in [3.63, 3.8) is 0 Å². The molecule has 0 amide bonds. The van der Waals surface area contributed by atoms with E-state index in [0.717, 1.165) is 24.0 Å². The normalized spacial score (nSPS) is 13.1. The molecule has 0 N–H and O–H groups in total. The molecule has 0 heterocycles. The van der Waals surface area contributed by atoms with Crippen LogP contribution in [0.5, 0.6) is 11.5 Å². The number of benzene rings is 2. The second-order valence-corrected chi connectivity index (χ2v) is 6.40. The second kappa shape index (κ2) is 7.60. The van der Waals surface area contributed by atoms with E-state index in [2.05, 4.69) is 6.07 Å². The molecule has 0 saturated carbocycles. The van der Waals surface area contributed by atoms with E-state index in [1.54, 1.807) is 14.2 Å². The van der Waals surface area contributed by atoms with Crippen molar-refractivity contribution in [3.8, 4) is 11.5 Å². The van der Waals surface area contributed by atoms with E-state index in [1.165, 1.54) is 24.0 Å². The minimum absolute atomic E-state index is 0.210. The van der Waals surface area contributed by atoms with Crippen molar-refractivity contribution in [1.29, 1.82) is 0 Å². The monoisotopic (exact) mass is 340 g/mol. The van der Waals surface area contributed by atoms with E-state index in [1.807, 2.05) is 31.2 Å². The van der Waals surface area contributed by atoms with Crippen LogP contribution in [0.15, 0.2) is 30.3 Å². The van der Waals surface area contributed by atoms with Gasteiger partial charge in [-0.05, 0) is 79.1 Å². The Hall–Kier alpha value is -2.49. The van der Waals surface area contributed by atoms with Gasteiger partial charge in [-0.1, -0.05) is 6.07 Å². The average Bonchev–Trinajstić information content (AvgIpc) is 2.66. The van der Waals surface area contributed by atoms with Gasteiger partial charge >= 0.3 is 5.97 Å². The summed E-state index contributed by atoms with van der Waals surface area (Å²) in [6, 6.07) is 9.66. The quantitative estimate of drug-likeness (QED) is 0.764. The molecule has 2 aromatic carbocycles. The first-order valence-corrected chi connectivity index (χ1v) is 8.63. The van der Waals surface area contributed by atoms with Gasteiger partial charge in [0.15, 0.2) is 11.5 Å².